The van der Waals surface area contributed by atoms with Gasteiger partial charge in [-0.25, -0.2) is 0 Å². The maximum atomic E-state index is 3.87. The van der Waals surface area contributed by atoms with Crippen LogP contribution >= 0.6 is 0 Å². The van der Waals surface area contributed by atoms with Crippen molar-refractivity contribution in [2.24, 2.45) is 0 Å². The fourth-order valence-electron chi connectivity index (χ4n) is 8.67. The first-order chi connectivity index (χ1) is 26.8. The molecule has 1 unspecified atom stereocenters. The van der Waals surface area contributed by atoms with Crippen LogP contribution in [0.5, 0.6) is 0 Å². The van der Waals surface area contributed by atoms with Crippen molar-refractivity contribution in [1.82, 2.24) is 9.13 Å². The molecule has 11 rings (SSSR count). The topological polar surface area (TPSA) is 21.9 Å². The largest absolute Gasteiger partial charge is 0.361 e. The van der Waals surface area contributed by atoms with Crippen LogP contribution in [0, 0.1) is 0 Å². The number of hydrogen-bond acceptors (Lipinski definition) is 1. The molecule has 1 aliphatic heterocycles. The van der Waals surface area contributed by atoms with Crippen molar-refractivity contribution in [1.29, 1.82) is 0 Å². The normalized spacial score (nSPS) is 14.0. The molecule has 10 aromatic rings. The van der Waals surface area contributed by atoms with Crippen LogP contribution in [0.25, 0.3) is 77.1 Å². The minimum absolute atomic E-state index is 0.0607. The molecule has 0 amide bonds. The van der Waals surface area contributed by atoms with Crippen LogP contribution in [-0.4, -0.2) is 9.13 Å². The maximum absolute atomic E-state index is 3.87. The summed E-state index contributed by atoms with van der Waals surface area (Å²) in [4.78, 5) is 0. The molecule has 1 atom stereocenters. The lowest BCUT2D eigenvalue weighted by molar-refractivity contribution is 0.722. The molecule has 0 bridgehead atoms. The summed E-state index contributed by atoms with van der Waals surface area (Å²) in [5.41, 5.74) is 15.7. The summed E-state index contributed by atoms with van der Waals surface area (Å²) in [6.07, 6.45) is 2.32. The van der Waals surface area contributed by atoms with Crippen molar-refractivity contribution in [2.45, 2.75) is 6.17 Å². The molecule has 1 aliphatic rings. The summed E-state index contributed by atoms with van der Waals surface area (Å²) in [5.74, 6) is 0. The van der Waals surface area contributed by atoms with E-state index in [2.05, 4.69) is 215 Å². The van der Waals surface area contributed by atoms with Crippen molar-refractivity contribution in [3.8, 4) is 27.9 Å². The van der Waals surface area contributed by atoms with E-state index in [4.69, 9.17) is 0 Å². The van der Waals surface area contributed by atoms with Crippen LogP contribution in [0.3, 0.4) is 0 Å². The van der Waals surface area contributed by atoms with Gasteiger partial charge in [0.1, 0.15) is 6.17 Å². The third kappa shape index (κ3) is 4.83. The van der Waals surface area contributed by atoms with Crippen molar-refractivity contribution >= 4 is 54.9 Å². The zero-order valence-electron chi connectivity index (χ0n) is 29.5. The lowest BCUT2D eigenvalue weighted by Crippen LogP contribution is -2.20. The number of para-hydroxylation sites is 4. The predicted molar refractivity (Wildman–Crippen MR) is 227 cm³/mol. The van der Waals surface area contributed by atoms with E-state index >= 15 is 0 Å². The molecule has 0 spiro atoms. The number of fused-ring (bicyclic) bond motifs is 7. The highest BCUT2D eigenvalue weighted by Crippen LogP contribution is 2.42. The Morgan fingerprint density at radius 3 is 1.65 bits per heavy atom. The first-order valence-electron chi connectivity index (χ1n) is 18.6. The molecule has 0 radical (unpaired) electrons. The molecule has 0 aliphatic carbocycles. The van der Waals surface area contributed by atoms with Gasteiger partial charge in [0.2, 0.25) is 0 Å². The summed E-state index contributed by atoms with van der Waals surface area (Å²) < 4.78 is 4.83. The molecule has 0 fully saturated rings. The lowest BCUT2D eigenvalue weighted by Gasteiger charge is -2.29. The molecule has 2 aromatic heterocycles. The van der Waals surface area contributed by atoms with Gasteiger partial charge in [-0.2, -0.15) is 0 Å². The average Bonchev–Trinajstić information content (AvgIpc) is 3.76. The van der Waals surface area contributed by atoms with Crippen molar-refractivity contribution in [2.75, 3.05) is 5.32 Å². The molecule has 0 saturated carbocycles. The number of rotatable bonds is 5. The third-order valence-corrected chi connectivity index (χ3v) is 11.1. The summed E-state index contributed by atoms with van der Waals surface area (Å²) in [7, 11) is 0. The van der Waals surface area contributed by atoms with E-state index in [9.17, 15) is 0 Å². The molecule has 3 nitrogen and oxygen atoms in total. The summed E-state index contributed by atoms with van der Waals surface area (Å²) in [6.45, 7) is 0. The minimum atomic E-state index is -0.0607. The zero-order valence-corrected chi connectivity index (χ0v) is 29.5. The lowest BCUT2D eigenvalue weighted by atomic mass is 9.93. The second-order valence-electron chi connectivity index (χ2n) is 14.2. The van der Waals surface area contributed by atoms with Crippen molar-refractivity contribution < 1.29 is 0 Å². The Hall–Kier alpha value is -7.10. The van der Waals surface area contributed by atoms with E-state index in [0.29, 0.717) is 0 Å². The van der Waals surface area contributed by atoms with Crippen molar-refractivity contribution in [3.05, 3.63) is 211 Å². The smallest absolute Gasteiger partial charge is 0.124 e. The molecular formula is C51H35N3. The standard InChI is InChI=1S/C51H35N3/c1-3-14-34(15-4-1)43-33-51(52-46-23-10-7-20-40(43)46)54-48-25-12-9-22-42(48)45-32-38(27-29-50(45)54)36-17-13-16-35(30-36)37-26-28-49-44(31-37)41-21-8-11-24-47(41)53(49)39-18-5-2-6-19-39/h1-33,51-52H. The van der Waals surface area contributed by atoms with Gasteiger partial charge in [-0.3, -0.25) is 0 Å². The van der Waals surface area contributed by atoms with Gasteiger partial charge in [-0.15, -0.1) is 0 Å². The van der Waals surface area contributed by atoms with Crippen LogP contribution in [0.2, 0.25) is 0 Å². The quantitative estimate of drug-likeness (QED) is 0.191. The van der Waals surface area contributed by atoms with Crippen molar-refractivity contribution in [3.63, 3.8) is 0 Å². The molecule has 254 valence electrons. The van der Waals surface area contributed by atoms with E-state index in [0.717, 1.165) is 5.69 Å². The Labute approximate surface area is 313 Å². The zero-order chi connectivity index (χ0) is 35.6. The SMILES string of the molecule is C1=C(c2ccccc2)c2ccccc2NC1n1c2ccccc2c2cc(-c3cccc(-c4ccc5c(c4)c4ccccc4n5-c4ccccc4)c3)ccc21. The number of anilines is 1. The number of hydrogen-bond donors (Lipinski definition) is 1. The van der Waals surface area contributed by atoms with Gasteiger partial charge in [0.15, 0.2) is 0 Å². The summed E-state index contributed by atoms with van der Waals surface area (Å²) >= 11 is 0. The number of benzene rings is 8. The second-order valence-corrected chi connectivity index (χ2v) is 14.2. The van der Waals surface area contributed by atoms with Gasteiger partial charge in [-0.1, -0.05) is 133 Å². The average molecular weight is 690 g/mol. The maximum Gasteiger partial charge on any atom is 0.124 e. The molecular weight excluding hydrogens is 655 g/mol. The third-order valence-electron chi connectivity index (χ3n) is 11.1. The van der Waals surface area contributed by atoms with Crippen LogP contribution in [-0.2, 0) is 0 Å². The number of nitrogens with zero attached hydrogens (tertiary/aromatic N) is 2. The van der Waals surface area contributed by atoms with E-state index in [1.807, 2.05) is 0 Å². The molecule has 3 heterocycles. The van der Waals surface area contributed by atoms with Gasteiger partial charge in [0.05, 0.1) is 22.1 Å². The molecule has 8 aromatic carbocycles. The molecule has 0 saturated heterocycles. The minimum Gasteiger partial charge on any atom is -0.361 e. The van der Waals surface area contributed by atoms with Gasteiger partial charge in [0, 0.05) is 38.5 Å². The number of nitrogens with one attached hydrogen (secondary N) is 1. The van der Waals surface area contributed by atoms with E-state index in [-0.39, 0.29) is 6.17 Å². The Bertz CT molecular complexity index is 3070. The Morgan fingerprint density at radius 1 is 0.370 bits per heavy atom. The van der Waals surface area contributed by atoms with E-state index in [1.54, 1.807) is 0 Å². The molecule has 3 heteroatoms. The fraction of sp³-hybridized carbons (Fsp3) is 0.0196. The van der Waals surface area contributed by atoms with Crippen LogP contribution in [0.1, 0.15) is 17.3 Å². The van der Waals surface area contributed by atoms with Gasteiger partial charge in [0.25, 0.3) is 0 Å². The molecule has 54 heavy (non-hydrogen) atoms. The van der Waals surface area contributed by atoms with Crippen LogP contribution < -0.4 is 5.32 Å². The van der Waals surface area contributed by atoms with E-state index < -0.39 is 0 Å². The fourth-order valence-corrected chi connectivity index (χ4v) is 8.67. The monoisotopic (exact) mass is 689 g/mol. The number of aromatic nitrogens is 2. The predicted octanol–water partition coefficient (Wildman–Crippen LogP) is 13.3. The highest BCUT2D eigenvalue weighted by molar-refractivity contribution is 6.11. The van der Waals surface area contributed by atoms with Crippen LogP contribution in [0.15, 0.2) is 200 Å². The first-order valence-corrected chi connectivity index (χ1v) is 18.6. The Kier molecular flexibility index (Phi) is 6.93. The highest BCUT2D eigenvalue weighted by Gasteiger charge is 2.24. The Morgan fingerprint density at radius 2 is 0.889 bits per heavy atom. The van der Waals surface area contributed by atoms with Gasteiger partial charge in [-0.05, 0) is 100 Å². The van der Waals surface area contributed by atoms with Gasteiger partial charge >= 0.3 is 0 Å². The van der Waals surface area contributed by atoms with Crippen LogP contribution in [0.4, 0.5) is 5.69 Å². The van der Waals surface area contributed by atoms with Gasteiger partial charge < -0.3 is 14.5 Å². The molecule has 1 N–H and O–H groups in total. The first kappa shape index (κ1) is 30.5. The second kappa shape index (κ2) is 12.3. The highest BCUT2D eigenvalue weighted by atomic mass is 15.2. The Balaban J connectivity index is 1.02. The summed E-state index contributed by atoms with van der Waals surface area (Å²) in [6, 6.07) is 70.4. The summed E-state index contributed by atoms with van der Waals surface area (Å²) in [5, 5.41) is 8.90. The van der Waals surface area contributed by atoms with E-state index in [1.165, 1.54) is 88.3 Å².